The summed E-state index contributed by atoms with van der Waals surface area (Å²) in [5, 5.41) is 20.5. The maximum Gasteiger partial charge on any atom is 0.270 e. The van der Waals surface area contributed by atoms with Crippen LogP contribution in [0.15, 0.2) is 24.4 Å². The Morgan fingerprint density at radius 3 is 2.47 bits per heavy atom. The Morgan fingerprint density at radius 1 is 1.27 bits per heavy atom. The molecular weight excluding hydrogens is 200 g/mol. The summed E-state index contributed by atoms with van der Waals surface area (Å²) in [6.45, 7) is 1.73. The fourth-order valence-electron chi connectivity index (χ4n) is 1.06. The van der Waals surface area contributed by atoms with Crippen LogP contribution in [0.25, 0.3) is 6.08 Å². The Balaban J connectivity index is 3.11. The highest BCUT2D eigenvalue weighted by Crippen LogP contribution is 2.18. The van der Waals surface area contributed by atoms with Gasteiger partial charge in [0, 0.05) is 18.2 Å². The van der Waals surface area contributed by atoms with Crippen LogP contribution in [-0.4, -0.2) is 9.85 Å². The Kier molecular flexibility index (Phi) is 3.12. The van der Waals surface area contributed by atoms with Crippen molar-refractivity contribution in [2.45, 2.75) is 6.92 Å². The lowest BCUT2D eigenvalue weighted by atomic mass is 10.1. The van der Waals surface area contributed by atoms with Crippen LogP contribution < -0.4 is 0 Å². The average Bonchev–Trinajstić information content (AvgIpc) is 2.16. The maximum absolute atomic E-state index is 10.5. The Bertz CT molecular complexity index is 440. The number of benzene rings is 1. The molecule has 0 unspecified atom stereocenters. The molecule has 78 valence electrons. The van der Waals surface area contributed by atoms with E-state index in [0.29, 0.717) is 5.56 Å². The van der Waals surface area contributed by atoms with Crippen LogP contribution in [0.5, 0.6) is 0 Å². The van der Waals surface area contributed by atoms with E-state index < -0.39 is 9.85 Å². The first-order valence-corrected chi connectivity index (χ1v) is 4.07. The predicted molar refractivity (Wildman–Crippen MR) is 53.9 cm³/mol. The van der Waals surface area contributed by atoms with Gasteiger partial charge in [-0.3, -0.25) is 20.2 Å². The van der Waals surface area contributed by atoms with E-state index in [0.717, 1.165) is 11.8 Å². The lowest BCUT2D eigenvalue weighted by Gasteiger charge is -1.98. The van der Waals surface area contributed by atoms with Crippen molar-refractivity contribution in [1.82, 2.24) is 0 Å². The molecule has 0 saturated carbocycles. The van der Waals surface area contributed by atoms with E-state index in [1.807, 2.05) is 0 Å². The molecule has 1 rings (SSSR count). The van der Waals surface area contributed by atoms with Crippen molar-refractivity contribution in [2.24, 2.45) is 0 Å². The van der Waals surface area contributed by atoms with Gasteiger partial charge in [-0.1, -0.05) is 6.07 Å². The lowest BCUT2D eigenvalue weighted by Crippen LogP contribution is -1.90. The summed E-state index contributed by atoms with van der Waals surface area (Å²) in [5.41, 5.74) is 1.14. The summed E-state index contributed by atoms with van der Waals surface area (Å²) in [7, 11) is 0. The SMILES string of the molecule is Cc1ccc([N+](=O)[O-])cc1C=C[N+](=O)[O-]. The van der Waals surface area contributed by atoms with Gasteiger partial charge in [-0.05, 0) is 18.1 Å². The van der Waals surface area contributed by atoms with Gasteiger partial charge in [-0.2, -0.15) is 0 Å². The third-order valence-corrected chi connectivity index (χ3v) is 1.85. The zero-order chi connectivity index (χ0) is 11.4. The third-order valence-electron chi connectivity index (χ3n) is 1.85. The minimum Gasteiger partial charge on any atom is -0.259 e. The molecule has 0 aliphatic heterocycles. The minimum atomic E-state index is -0.613. The molecule has 0 amide bonds. The van der Waals surface area contributed by atoms with Crippen molar-refractivity contribution in [3.63, 3.8) is 0 Å². The van der Waals surface area contributed by atoms with Crippen LogP contribution in [0.3, 0.4) is 0 Å². The zero-order valence-corrected chi connectivity index (χ0v) is 7.91. The molecular formula is C9H8N2O4. The van der Waals surface area contributed by atoms with E-state index >= 15 is 0 Å². The molecule has 0 N–H and O–H groups in total. The molecule has 0 heterocycles. The van der Waals surface area contributed by atoms with Crippen molar-refractivity contribution in [1.29, 1.82) is 0 Å². The number of non-ortho nitro benzene ring substituents is 1. The second kappa shape index (κ2) is 4.32. The first-order valence-electron chi connectivity index (χ1n) is 4.07. The molecule has 0 atom stereocenters. The van der Waals surface area contributed by atoms with Gasteiger partial charge in [0.1, 0.15) is 0 Å². The summed E-state index contributed by atoms with van der Waals surface area (Å²) >= 11 is 0. The van der Waals surface area contributed by atoms with E-state index in [1.165, 1.54) is 18.2 Å². The fraction of sp³-hybridized carbons (Fsp3) is 0.111. The highest BCUT2D eigenvalue weighted by Gasteiger charge is 2.07. The maximum atomic E-state index is 10.5. The van der Waals surface area contributed by atoms with E-state index in [4.69, 9.17) is 0 Å². The zero-order valence-electron chi connectivity index (χ0n) is 7.91. The number of hydrogen-bond acceptors (Lipinski definition) is 4. The van der Waals surface area contributed by atoms with Crippen LogP contribution >= 0.6 is 0 Å². The number of aryl methyl sites for hydroxylation is 1. The first-order chi connectivity index (χ1) is 7.00. The van der Waals surface area contributed by atoms with Crippen LogP contribution in [0, 0.1) is 27.2 Å². The van der Waals surface area contributed by atoms with Gasteiger partial charge < -0.3 is 0 Å². The van der Waals surface area contributed by atoms with E-state index in [9.17, 15) is 20.2 Å². The largest absolute Gasteiger partial charge is 0.270 e. The summed E-state index contributed by atoms with van der Waals surface area (Å²) in [5.74, 6) is 0. The smallest absolute Gasteiger partial charge is 0.259 e. The summed E-state index contributed by atoms with van der Waals surface area (Å²) in [6, 6.07) is 4.21. The highest BCUT2D eigenvalue weighted by atomic mass is 16.6. The summed E-state index contributed by atoms with van der Waals surface area (Å²) in [4.78, 5) is 19.4. The summed E-state index contributed by atoms with van der Waals surface area (Å²) < 4.78 is 0. The highest BCUT2D eigenvalue weighted by molar-refractivity contribution is 5.56. The minimum absolute atomic E-state index is 0.0800. The average molecular weight is 208 g/mol. The van der Waals surface area contributed by atoms with Gasteiger partial charge in [0.15, 0.2) is 0 Å². The molecule has 0 aliphatic carbocycles. The van der Waals surface area contributed by atoms with Crippen LogP contribution in [0.1, 0.15) is 11.1 Å². The number of nitro benzene ring substituents is 1. The molecule has 0 fully saturated rings. The molecule has 0 bridgehead atoms. The molecule has 6 heteroatoms. The first kappa shape index (κ1) is 10.8. The van der Waals surface area contributed by atoms with Crippen molar-refractivity contribution >= 4 is 11.8 Å². The van der Waals surface area contributed by atoms with Gasteiger partial charge in [-0.25, -0.2) is 0 Å². The van der Waals surface area contributed by atoms with E-state index in [2.05, 4.69) is 0 Å². The van der Waals surface area contributed by atoms with E-state index in [1.54, 1.807) is 13.0 Å². The molecule has 0 aromatic heterocycles. The number of nitro groups is 2. The third kappa shape index (κ3) is 2.87. The number of hydrogen-bond donors (Lipinski definition) is 0. The Labute approximate surface area is 85.1 Å². The summed E-state index contributed by atoms with van der Waals surface area (Å²) in [6.07, 6.45) is 1.99. The molecule has 15 heavy (non-hydrogen) atoms. The fourth-order valence-corrected chi connectivity index (χ4v) is 1.06. The molecule has 0 radical (unpaired) electrons. The van der Waals surface area contributed by atoms with Crippen molar-refractivity contribution in [3.8, 4) is 0 Å². The van der Waals surface area contributed by atoms with Crippen LogP contribution in [0.2, 0.25) is 0 Å². The normalized spacial score (nSPS) is 10.5. The Hall–Kier alpha value is -2.24. The Morgan fingerprint density at radius 2 is 1.93 bits per heavy atom. The molecule has 0 spiro atoms. The molecule has 1 aromatic carbocycles. The molecule has 0 saturated heterocycles. The lowest BCUT2D eigenvalue weighted by molar-refractivity contribution is -0.401. The molecule has 6 nitrogen and oxygen atoms in total. The number of nitrogens with zero attached hydrogens (tertiary/aromatic N) is 2. The van der Waals surface area contributed by atoms with E-state index in [-0.39, 0.29) is 5.69 Å². The van der Waals surface area contributed by atoms with Crippen LogP contribution in [-0.2, 0) is 0 Å². The van der Waals surface area contributed by atoms with Gasteiger partial charge in [0.25, 0.3) is 5.69 Å². The monoisotopic (exact) mass is 208 g/mol. The van der Waals surface area contributed by atoms with Crippen LogP contribution in [0.4, 0.5) is 5.69 Å². The van der Waals surface area contributed by atoms with Gasteiger partial charge in [0.05, 0.1) is 9.85 Å². The second-order valence-electron chi connectivity index (χ2n) is 2.90. The predicted octanol–water partition coefficient (Wildman–Crippen LogP) is 2.15. The van der Waals surface area contributed by atoms with Gasteiger partial charge in [-0.15, -0.1) is 0 Å². The standard InChI is InChI=1S/C9H8N2O4/c1-7-2-3-9(11(14)15)6-8(7)4-5-10(12)13/h2-6H,1H3. The van der Waals surface area contributed by atoms with Crippen molar-refractivity contribution in [3.05, 3.63) is 55.8 Å². The van der Waals surface area contributed by atoms with Gasteiger partial charge in [0.2, 0.25) is 6.20 Å². The van der Waals surface area contributed by atoms with Crippen molar-refractivity contribution < 1.29 is 9.85 Å². The topological polar surface area (TPSA) is 86.3 Å². The second-order valence-corrected chi connectivity index (χ2v) is 2.90. The molecule has 1 aromatic rings. The number of rotatable bonds is 3. The van der Waals surface area contributed by atoms with Gasteiger partial charge >= 0.3 is 0 Å². The van der Waals surface area contributed by atoms with Crippen molar-refractivity contribution in [2.75, 3.05) is 0 Å². The quantitative estimate of drug-likeness (QED) is 0.562. The molecule has 0 aliphatic rings.